The molecule has 0 spiro atoms. The summed E-state index contributed by atoms with van der Waals surface area (Å²) in [7, 11) is 0. The summed E-state index contributed by atoms with van der Waals surface area (Å²) >= 11 is 0. The molecular formula is C13H12N2O2. The summed E-state index contributed by atoms with van der Waals surface area (Å²) in [5, 5.41) is 0. The number of ether oxygens (including phenoxy) is 2. The topological polar surface area (TPSA) is 57.4 Å². The average molecular weight is 228 g/mol. The lowest BCUT2D eigenvalue weighted by Crippen LogP contribution is -2.13. The van der Waals surface area contributed by atoms with Crippen LogP contribution in [0.5, 0.6) is 11.5 Å². The van der Waals surface area contributed by atoms with E-state index < -0.39 is 0 Å². The zero-order valence-electron chi connectivity index (χ0n) is 9.17. The second kappa shape index (κ2) is 4.07. The van der Waals surface area contributed by atoms with Crippen molar-refractivity contribution in [2.75, 3.05) is 6.79 Å². The minimum Gasteiger partial charge on any atom is -0.454 e. The van der Waals surface area contributed by atoms with Crippen LogP contribution in [0.1, 0.15) is 17.3 Å². The summed E-state index contributed by atoms with van der Waals surface area (Å²) in [4.78, 5) is 4.25. The molecule has 0 bridgehead atoms. The summed E-state index contributed by atoms with van der Waals surface area (Å²) in [5.41, 5.74) is 7.96. The molecule has 1 aromatic carbocycles. The quantitative estimate of drug-likeness (QED) is 0.852. The number of hydrogen-bond acceptors (Lipinski definition) is 4. The Bertz CT molecular complexity index is 528. The predicted molar refractivity (Wildman–Crippen MR) is 62.8 cm³/mol. The summed E-state index contributed by atoms with van der Waals surface area (Å²) in [5.74, 6) is 1.51. The van der Waals surface area contributed by atoms with E-state index in [-0.39, 0.29) is 12.8 Å². The smallest absolute Gasteiger partial charge is 0.231 e. The van der Waals surface area contributed by atoms with Gasteiger partial charge in [0.1, 0.15) is 0 Å². The lowest BCUT2D eigenvalue weighted by atomic mass is 10.0. The SMILES string of the molecule is NC(c1ccc2c(c1)OCO2)c1ccccn1. The fourth-order valence-corrected chi connectivity index (χ4v) is 1.84. The van der Waals surface area contributed by atoms with Gasteiger partial charge in [0.15, 0.2) is 11.5 Å². The largest absolute Gasteiger partial charge is 0.454 e. The van der Waals surface area contributed by atoms with Gasteiger partial charge in [-0.3, -0.25) is 4.98 Å². The first-order valence-electron chi connectivity index (χ1n) is 5.40. The van der Waals surface area contributed by atoms with E-state index in [2.05, 4.69) is 4.98 Å². The molecule has 2 N–H and O–H groups in total. The maximum Gasteiger partial charge on any atom is 0.231 e. The van der Waals surface area contributed by atoms with Gasteiger partial charge in [0.25, 0.3) is 0 Å². The zero-order valence-corrected chi connectivity index (χ0v) is 9.17. The van der Waals surface area contributed by atoms with Gasteiger partial charge < -0.3 is 15.2 Å². The molecule has 2 heterocycles. The summed E-state index contributed by atoms with van der Waals surface area (Å²) in [6.45, 7) is 0.275. The van der Waals surface area contributed by atoms with Crippen molar-refractivity contribution in [3.05, 3.63) is 53.9 Å². The van der Waals surface area contributed by atoms with Gasteiger partial charge in [-0.15, -0.1) is 0 Å². The summed E-state index contributed by atoms with van der Waals surface area (Å²) in [6.07, 6.45) is 1.74. The third-order valence-corrected chi connectivity index (χ3v) is 2.76. The van der Waals surface area contributed by atoms with Crippen molar-refractivity contribution >= 4 is 0 Å². The van der Waals surface area contributed by atoms with Crippen LogP contribution in [0.15, 0.2) is 42.6 Å². The van der Waals surface area contributed by atoms with Crippen LogP contribution in [0.2, 0.25) is 0 Å². The van der Waals surface area contributed by atoms with Crippen LogP contribution in [0.4, 0.5) is 0 Å². The van der Waals surface area contributed by atoms with E-state index in [0.717, 1.165) is 22.8 Å². The molecular weight excluding hydrogens is 216 g/mol. The Morgan fingerprint density at radius 2 is 2.00 bits per heavy atom. The van der Waals surface area contributed by atoms with Gasteiger partial charge in [-0.2, -0.15) is 0 Å². The Labute approximate surface area is 99.0 Å². The molecule has 2 aromatic rings. The Hall–Kier alpha value is -2.07. The molecule has 1 aliphatic heterocycles. The van der Waals surface area contributed by atoms with E-state index in [4.69, 9.17) is 15.2 Å². The highest BCUT2D eigenvalue weighted by Gasteiger charge is 2.17. The van der Waals surface area contributed by atoms with E-state index in [1.54, 1.807) is 6.20 Å². The molecule has 4 nitrogen and oxygen atoms in total. The monoisotopic (exact) mass is 228 g/mol. The highest BCUT2D eigenvalue weighted by Crippen LogP contribution is 2.34. The molecule has 0 radical (unpaired) electrons. The number of nitrogens with two attached hydrogens (primary N) is 1. The molecule has 1 aliphatic rings. The maximum absolute atomic E-state index is 6.15. The zero-order chi connectivity index (χ0) is 11.7. The number of hydrogen-bond donors (Lipinski definition) is 1. The fourth-order valence-electron chi connectivity index (χ4n) is 1.84. The molecule has 0 aliphatic carbocycles. The van der Waals surface area contributed by atoms with Gasteiger partial charge in [-0.1, -0.05) is 12.1 Å². The van der Waals surface area contributed by atoms with Crippen molar-refractivity contribution in [2.24, 2.45) is 5.73 Å². The van der Waals surface area contributed by atoms with Crippen LogP contribution in [0.25, 0.3) is 0 Å². The molecule has 86 valence electrons. The molecule has 1 aromatic heterocycles. The van der Waals surface area contributed by atoms with Crippen LogP contribution in [-0.4, -0.2) is 11.8 Å². The molecule has 4 heteroatoms. The minimum absolute atomic E-state index is 0.245. The standard InChI is InChI=1S/C13H12N2O2/c14-13(10-3-1-2-6-15-10)9-4-5-11-12(7-9)17-8-16-11/h1-7,13H,8,14H2. The molecule has 1 atom stereocenters. The highest BCUT2D eigenvalue weighted by molar-refractivity contribution is 5.46. The molecule has 1 unspecified atom stereocenters. The van der Waals surface area contributed by atoms with Crippen molar-refractivity contribution in [3.63, 3.8) is 0 Å². The van der Waals surface area contributed by atoms with Crippen LogP contribution in [0, 0.1) is 0 Å². The summed E-state index contributed by atoms with van der Waals surface area (Å²) < 4.78 is 10.6. The number of aromatic nitrogens is 1. The fraction of sp³-hybridized carbons (Fsp3) is 0.154. The van der Waals surface area contributed by atoms with E-state index in [1.807, 2.05) is 36.4 Å². The first kappa shape index (κ1) is 10.1. The first-order valence-corrected chi connectivity index (χ1v) is 5.40. The lowest BCUT2D eigenvalue weighted by Gasteiger charge is -2.11. The van der Waals surface area contributed by atoms with Crippen LogP contribution < -0.4 is 15.2 Å². The van der Waals surface area contributed by atoms with Crippen molar-refractivity contribution < 1.29 is 9.47 Å². The van der Waals surface area contributed by atoms with Gasteiger partial charge in [0, 0.05) is 6.20 Å². The Morgan fingerprint density at radius 1 is 1.12 bits per heavy atom. The number of rotatable bonds is 2. The average Bonchev–Trinajstić information content (AvgIpc) is 2.86. The van der Waals surface area contributed by atoms with E-state index in [0.29, 0.717) is 0 Å². The maximum atomic E-state index is 6.15. The molecule has 0 amide bonds. The molecule has 0 saturated carbocycles. The number of pyridine rings is 1. The molecule has 0 saturated heterocycles. The highest BCUT2D eigenvalue weighted by atomic mass is 16.7. The third-order valence-electron chi connectivity index (χ3n) is 2.76. The van der Waals surface area contributed by atoms with E-state index in [1.165, 1.54) is 0 Å². The van der Waals surface area contributed by atoms with Crippen molar-refractivity contribution in [1.82, 2.24) is 4.98 Å². The summed E-state index contributed by atoms with van der Waals surface area (Å²) in [6, 6.07) is 11.2. The van der Waals surface area contributed by atoms with Crippen molar-refractivity contribution in [3.8, 4) is 11.5 Å². The van der Waals surface area contributed by atoms with E-state index >= 15 is 0 Å². The normalized spacial score (nSPS) is 14.6. The van der Waals surface area contributed by atoms with Crippen molar-refractivity contribution in [1.29, 1.82) is 0 Å². The van der Waals surface area contributed by atoms with Gasteiger partial charge in [0.2, 0.25) is 6.79 Å². The number of fused-ring (bicyclic) bond motifs is 1. The second-order valence-electron chi connectivity index (χ2n) is 3.84. The minimum atomic E-state index is -0.245. The Morgan fingerprint density at radius 3 is 2.82 bits per heavy atom. The first-order chi connectivity index (χ1) is 8.34. The van der Waals surface area contributed by atoms with Gasteiger partial charge in [-0.05, 0) is 29.8 Å². The van der Waals surface area contributed by atoms with Gasteiger partial charge in [-0.25, -0.2) is 0 Å². The van der Waals surface area contributed by atoms with Gasteiger partial charge >= 0.3 is 0 Å². The predicted octanol–water partition coefficient (Wildman–Crippen LogP) is 1.86. The number of nitrogens with zero attached hydrogens (tertiary/aromatic N) is 1. The van der Waals surface area contributed by atoms with Crippen LogP contribution in [-0.2, 0) is 0 Å². The van der Waals surface area contributed by atoms with Crippen LogP contribution >= 0.6 is 0 Å². The second-order valence-corrected chi connectivity index (χ2v) is 3.84. The van der Waals surface area contributed by atoms with Crippen LogP contribution in [0.3, 0.4) is 0 Å². The third kappa shape index (κ3) is 1.83. The molecule has 17 heavy (non-hydrogen) atoms. The molecule has 3 rings (SSSR count). The number of benzene rings is 1. The molecule has 0 fully saturated rings. The Kier molecular flexibility index (Phi) is 2.42. The lowest BCUT2D eigenvalue weighted by molar-refractivity contribution is 0.174. The Balaban J connectivity index is 1.94. The van der Waals surface area contributed by atoms with Gasteiger partial charge in [0.05, 0.1) is 11.7 Å². The van der Waals surface area contributed by atoms with E-state index in [9.17, 15) is 0 Å². The van der Waals surface area contributed by atoms with Crippen molar-refractivity contribution in [2.45, 2.75) is 6.04 Å².